The Morgan fingerprint density at radius 3 is 2.72 bits per heavy atom. The quantitative estimate of drug-likeness (QED) is 0.401. The summed E-state index contributed by atoms with van der Waals surface area (Å²) in [7, 11) is 0. The molecule has 3 rings (SSSR count). The normalized spacial score (nSPS) is 11.3. The zero-order valence-corrected chi connectivity index (χ0v) is 19.7. The first-order chi connectivity index (χ1) is 13.8. The summed E-state index contributed by atoms with van der Waals surface area (Å²) in [6.45, 7) is 11.1. The first-order valence-corrected chi connectivity index (χ1v) is 11.7. The number of anilines is 2. The number of benzene rings is 1. The third-order valence-electron chi connectivity index (χ3n) is 4.43. The van der Waals surface area contributed by atoms with E-state index in [9.17, 15) is 4.79 Å². The number of hydrogen-bond acceptors (Lipinski definition) is 5. The molecule has 29 heavy (non-hydrogen) atoms. The Hall–Kier alpha value is -1.83. The van der Waals surface area contributed by atoms with Crippen LogP contribution in [0.5, 0.6) is 0 Å². The highest BCUT2D eigenvalue weighted by atomic mass is 35.5. The van der Waals surface area contributed by atoms with Gasteiger partial charge in [-0.1, -0.05) is 43.3 Å². The third kappa shape index (κ3) is 5.21. The number of aryl methyl sites for hydroxylation is 1. The van der Waals surface area contributed by atoms with Crippen LogP contribution in [0.2, 0.25) is 5.02 Å². The van der Waals surface area contributed by atoms with E-state index >= 15 is 0 Å². The molecule has 0 saturated heterocycles. The molecule has 0 saturated carbocycles. The highest BCUT2D eigenvalue weighted by Crippen LogP contribution is 2.32. The summed E-state index contributed by atoms with van der Waals surface area (Å²) < 4.78 is 2.28. The number of carbonyl (C=O) groups excluding carboxylic acids is 1. The molecule has 0 bridgehead atoms. The van der Waals surface area contributed by atoms with Crippen molar-refractivity contribution in [1.29, 1.82) is 0 Å². The van der Waals surface area contributed by atoms with Gasteiger partial charge in [-0.15, -0.1) is 11.3 Å². The summed E-state index contributed by atoms with van der Waals surface area (Å²) in [5.74, 6) is 1.15. The predicted molar refractivity (Wildman–Crippen MR) is 122 cm³/mol. The molecule has 0 unspecified atom stereocenters. The van der Waals surface area contributed by atoms with Crippen molar-refractivity contribution in [2.45, 2.75) is 52.1 Å². The van der Waals surface area contributed by atoms with E-state index in [-0.39, 0.29) is 5.91 Å². The summed E-state index contributed by atoms with van der Waals surface area (Å²) in [4.78, 5) is 23.3. The predicted octanol–water partition coefficient (Wildman–Crippen LogP) is 6.24. The molecule has 2 heterocycles. The lowest BCUT2D eigenvalue weighted by Crippen LogP contribution is -2.22. The SMILES string of the molecule is CC(=O)N(c1cccc(Cl)c1)c1nc(CSc2nc(C)c(C)n2CC(C)C)cs1. The monoisotopic (exact) mass is 448 g/mol. The molecule has 154 valence electrons. The number of imidazole rings is 1. The van der Waals surface area contributed by atoms with E-state index in [1.807, 2.05) is 24.4 Å². The van der Waals surface area contributed by atoms with Crippen LogP contribution in [0.4, 0.5) is 10.8 Å². The van der Waals surface area contributed by atoms with Crippen molar-refractivity contribution in [3.8, 4) is 0 Å². The molecule has 8 heteroatoms. The van der Waals surface area contributed by atoms with Gasteiger partial charge in [-0.3, -0.25) is 9.69 Å². The minimum atomic E-state index is -0.0976. The zero-order valence-electron chi connectivity index (χ0n) is 17.3. The number of thiazole rings is 1. The second kappa shape index (κ2) is 9.32. The molecular weight excluding hydrogens is 424 g/mol. The van der Waals surface area contributed by atoms with E-state index < -0.39 is 0 Å². The molecule has 2 aromatic heterocycles. The van der Waals surface area contributed by atoms with Gasteiger partial charge in [0.2, 0.25) is 5.91 Å². The van der Waals surface area contributed by atoms with Crippen LogP contribution in [0.1, 0.15) is 37.9 Å². The van der Waals surface area contributed by atoms with Crippen LogP contribution in [-0.2, 0) is 17.1 Å². The van der Waals surface area contributed by atoms with Crippen molar-refractivity contribution in [2.24, 2.45) is 5.92 Å². The van der Waals surface area contributed by atoms with Crippen molar-refractivity contribution in [3.63, 3.8) is 0 Å². The molecule has 1 aromatic carbocycles. The van der Waals surface area contributed by atoms with Gasteiger partial charge in [0, 0.05) is 35.3 Å². The fourth-order valence-corrected chi connectivity index (χ4v) is 5.13. The summed E-state index contributed by atoms with van der Waals surface area (Å²) in [5, 5.41) is 4.25. The molecule has 0 aliphatic heterocycles. The second-order valence-corrected chi connectivity index (χ2v) is 9.53. The number of aromatic nitrogens is 3. The largest absolute Gasteiger partial charge is 0.323 e. The average Bonchev–Trinajstić information content (AvgIpc) is 3.20. The van der Waals surface area contributed by atoms with Crippen LogP contribution in [0, 0.1) is 19.8 Å². The van der Waals surface area contributed by atoms with Crippen molar-refractivity contribution < 1.29 is 4.79 Å². The molecule has 0 N–H and O–H groups in total. The van der Waals surface area contributed by atoms with Crippen LogP contribution in [0.3, 0.4) is 0 Å². The standard InChI is InChI=1S/C21H25ClN4OS2/c1-13(2)10-25-15(4)14(3)23-20(25)28-11-18-12-29-21(24-18)26(16(5)27)19-8-6-7-17(22)9-19/h6-9,12-13H,10-11H2,1-5H3. The highest BCUT2D eigenvalue weighted by molar-refractivity contribution is 7.98. The van der Waals surface area contributed by atoms with Gasteiger partial charge in [-0.05, 0) is 38.0 Å². The Labute approximate surface area is 185 Å². The Kier molecular flexibility index (Phi) is 7.03. The van der Waals surface area contributed by atoms with Crippen molar-refractivity contribution in [3.05, 3.63) is 51.7 Å². The first-order valence-electron chi connectivity index (χ1n) is 9.43. The van der Waals surface area contributed by atoms with Crippen LogP contribution in [0.25, 0.3) is 0 Å². The fraction of sp³-hybridized carbons (Fsp3) is 0.381. The molecule has 0 fully saturated rings. The molecule has 0 radical (unpaired) electrons. The van der Waals surface area contributed by atoms with Gasteiger partial charge < -0.3 is 4.57 Å². The van der Waals surface area contributed by atoms with E-state index in [0.717, 1.165) is 28.8 Å². The van der Waals surface area contributed by atoms with Gasteiger partial charge >= 0.3 is 0 Å². The summed E-state index contributed by atoms with van der Waals surface area (Å²) in [5.41, 5.74) is 3.93. The fourth-order valence-electron chi connectivity index (χ4n) is 2.96. The number of thioether (sulfide) groups is 1. The molecule has 0 aliphatic rings. The number of hydrogen-bond donors (Lipinski definition) is 0. The van der Waals surface area contributed by atoms with Gasteiger partial charge in [0.05, 0.1) is 17.1 Å². The summed E-state index contributed by atoms with van der Waals surface area (Å²) >= 11 is 9.24. The van der Waals surface area contributed by atoms with Crippen LogP contribution in [-0.4, -0.2) is 20.4 Å². The number of nitrogens with zero attached hydrogens (tertiary/aromatic N) is 4. The maximum atomic E-state index is 12.3. The molecule has 1 amide bonds. The summed E-state index contributed by atoms with van der Waals surface area (Å²) in [6, 6.07) is 7.25. The number of carbonyl (C=O) groups is 1. The summed E-state index contributed by atoms with van der Waals surface area (Å²) in [6.07, 6.45) is 0. The number of amides is 1. The molecule has 5 nitrogen and oxygen atoms in total. The van der Waals surface area contributed by atoms with E-state index in [0.29, 0.717) is 21.8 Å². The zero-order chi connectivity index (χ0) is 21.1. The maximum Gasteiger partial charge on any atom is 0.230 e. The molecule has 0 aliphatic carbocycles. The Morgan fingerprint density at radius 2 is 2.07 bits per heavy atom. The first kappa shape index (κ1) is 21.9. The average molecular weight is 449 g/mol. The molecule has 0 spiro atoms. The van der Waals surface area contributed by atoms with Gasteiger partial charge in [-0.25, -0.2) is 9.97 Å². The van der Waals surface area contributed by atoms with E-state index in [1.54, 1.807) is 28.8 Å². The smallest absolute Gasteiger partial charge is 0.230 e. The van der Waals surface area contributed by atoms with E-state index in [2.05, 4.69) is 25.3 Å². The lowest BCUT2D eigenvalue weighted by molar-refractivity contribution is -0.115. The molecule has 3 aromatic rings. The van der Waals surface area contributed by atoms with Crippen molar-refractivity contribution in [2.75, 3.05) is 4.90 Å². The lowest BCUT2D eigenvalue weighted by Gasteiger charge is -2.18. The van der Waals surface area contributed by atoms with Gasteiger partial charge in [0.15, 0.2) is 10.3 Å². The van der Waals surface area contributed by atoms with Crippen molar-refractivity contribution >= 4 is 51.4 Å². The maximum absolute atomic E-state index is 12.3. The lowest BCUT2D eigenvalue weighted by atomic mass is 10.2. The minimum Gasteiger partial charge on any atom is -0.323 e. The topological polar surface area (TPSA) is 51.0 Å². The number of rotatable bonds is 7. The molecular formula is C21H25ClN4OS2. The number of halogens is 1. The van der Waals surface area contributed by atoms with Crippen LogP contribution >= 0.6 is 34.7 Å². The second-order valence-electron chi connectivity index (χ2n) is 7.31. The van der Waals surface area contributed by atoms with Gasteiger partial charge in [0.1, 0.15) is 0 Å². The van der Waals surface area contributed by atoms with Crippen molar-refractivity contribution in [1.82, 2.24) is 14.5 Å². The van der Waals surface area contributed by atoms with Crippen LogP contribution in [0.15, 0.2) is 34.8 Å². The van der Waals surface area contributed by atoms with Gasteiger partial charge in [0.25, 0.3) is 0 Å². The molecule has 0 atom stereocenters. The van der Waals surface area contributed by atoms with E-state index in [4.69, 9.17) is 21.6 Å². The Bertz CT molecular complexity index is 1010. The van der Waals surface area contributed by atoms with Gasteiger partial charge in [-0.2, -0.15) is 0 Å². The Balaban J connectivity index is 1.78. The minimum absolute atomic E-state index is 0.0976. The highest BCUT2D eigenvalue weighted by Gasteiger charge is 2.19. The van der Waals surface area contributed by atoms with Crippen LogP contribution < -0.4 is 4.90 Å². The Morgan fingerprint density at radius 1 is 1.31 bits per heavy atom. The van der Waals surface area contributed by atoms with E-state index in [1.165, 1.54) is 24.0 Å². The third-order valence-corrected chi connectivity index (χ3v) is 6.55.